The zero-order chi connectivity index (χ0) is 18.8. The molecule has 1 N–H and O–H groups in total. The normalized spacial score (nSPS) is 10.9. The predicted octanol–water partition coefficient (Wildman–Crippen LogP) is 3.31. The number of esters is 1. The fraction of sp³-hybridized carbons (Fsp3) is 0.238. The summed E-state index contributed by atoms with van der Waals surface area (Å²) in [5.41, 5.74) is 1.82. The molecule has 0 fully saturated rings. The van der Waals surface area contributed by atoms with E-state index in [9.17, 15) is 9.59 Å². The van der Waals surface area contributed by atoms with Crippen molar-refractivity contribution < 1.29 is 19.1 Å². The van der Waals surface area contributed by atoms with Gasteiger partial charge in [0.25, 0.3) is 5.91 Å². The minimum Gasteiger partial charge on any atom is -0.496 e. The Morgan fingerprint density at radius 1 is 1.04 bits per heavy atom. The van der Waals surface area contributed by atoms with Crippen LogP contribution in [0.5, 0.6) is 5.75 Å². The van der Waals surface area contributed by atoms with Crippen molar-refractivity contribution in [3.8, 4) is 5.75 Å². The highest BCUT2D eigenvalue weighted by molar-refractivity contribution is 6.22. The monoisotopic (exact) mass is 353 g/mol. The molecule has 2 rings (SSSR count). The highest BCUT2D eigenvalue weighted by Crippen LogP contribution is 2.25. The Labute approximate surface area is 153 Å². The van der Waals surface area contributed by atoms with E-state index in [4.69, 9.17) is 9.47 Å². The van der Waals surface area contributed by atoms with Crippen LogP contribution < -0.4 is 10.1 Å². The Balaban J connectivity index is 2.26. The summed E-state index contributed by atoms with van der Waals surface area (Å²) in [5.74, 6) is -0.229. The average Bonchev–Trinajstić information content (AvgIpc) is 2.69. The number of rotatable bonds is 8. The van der Waals surface area contributed by atoms with E-state index >= 15 is 0 Å². The number of benzene rings is 2. The molecule has 2 aromatic rings. The number of ether oxygens (including phenoxy) is 2. The summed E-state index contributed by atoms with van der Waals surface area (Å²) < 4.78 is 10.5. The van der Waals surface area contributed by atoms with E-state index < -0.39 is 5.97 Å². The first-order valence-corrected chi connectivity index (χ1v) is 8.49. The Bertz CT molecular complexity index is 769. The first kappa shape index (κ1) is 19.2. The molecule has 0 saturated carbocycles. The van der Waals surface area contributed by atoms with Crippen molar-refractivity contribution in [2.75, 3.05) is 20.3 Å². The van der Waals surface area contributed by atoms with Crippen LogP contribution in [0.15, 0.2) is 54.6 Å². The van der Waals surface area contributed by atoms with Gasteiger partial charge in [0.05, 0.1) is 12.7 Å². The molecule has 5 heteroatoms. The van der Waals surface area contributed by atoms with Crippen molar-refractivity contribution in [2.45, 2.75) is 13.3 Å². The third-order valence-electron chi connectivity index (χ3n) is 3.65. The van der Waals surface area contributed by atoms with Crippen LogP contribution in [0.4, 0.5) is 0 Å². The summed E-state index contributed by atoms with van der Waals surface area (Å²) in [5, 5.41) is 2.68. The second-order valence-corrected chi connectivity index (χ2v) is 5.59. The molecule has 2 aromatic carbocycles. The molecule has 0 heterocycles. The molecule has 0 radical (unpaired) electrons. The Morgan fingerprint density at radius 2 is 1.73 bits per heavy atom. The van der Waals surface area contributed by atoms with Gasteiger partial charge in [-0.05, 0) is 24.1 Å². The van der Waals surface area contributed by atoms with E-state index in [0.29, 0.717) is 23.4 Å². The lowest BCUT2D eigenvalue weighted by atomic mass is 10.0. The van der Waals surface area contributed by atoms with Gasteiger partial charge in [-0.1, -0.05) is 55.5 Å². The van der Waals surface area contributed by atoms with E-state index in [2.05, 4.69) is 5.32 Å². The number of amides is 1. The van der Waals surface area contributed by atoms with Gasteiger partial charge in [0.2, 0.25) is 0 Å². The minimum atomic E-state index is -0.561. The lowest BCUT2D eigenvalue weighted by Crippen LogP contribution is -2.29. The van der Waals surface area contributed by atoms with Crippen molar-refractivity contribution in [1.82, 2.24) is 5.32 Å². The largest absolute Gasteiger partial charge is 0.496 e. The molecule has 136 valence electrons. The van der Waals surface area contributed by atoms with Crippen LogP contribution in [0, 0.1) is 0 Å². The van der Waals surface area contributed by atoms with Crippen LogP contribution in [0.25, 0.3) is 11.6 Å². The summed E-state index contributed by atoms with van der Waals surface area (Å²) in [6.07, 6.45) is 2.53. The van der Waals surface area contributed by atoms with Crippen LogP contribution in [0.3, 0.4) is 0 Å². The molecule has 0 aliphatic rings. The van der Waals surface area contributed by atoms with E-state index in [1.807, 2.05) is 61.5 Å². The summed E-state index contributed by atoms with van der Waals surface area (Å²) in [7, 11) is 1.57. The Hall–Kier alpha value is -3.08. The van der Waals surface area contributed by atoms with Gasteiger partial charge in [-0.15, -0.1) is 0 Å². The SMILES string of the molecule is CCCNC(=O)COC(=O)/C(=C/c1ccccc1OC)c1ccccc1. The number of methoxy groups -OCH3 is 1. The lowest BCUT2D eigenvalue weighted by Gasteiger charge is -2.10. The highest BCUT2D eigenvalue weighted by atomic mass is 16.5. The molecule has 0 aliphatic carbocycles. The summed E-state index contributed by atoms with van der Waals surface area (Å²) in [4.78, 5) is 24.3. The van der Waals surface area contributed by atoms with Gasteiger partial charge in [-0.2, -0.15) is 0 Å². The quantitative estimate of drug-likeness (QED) is 0.449. The number of carbonyl (C=O) groups excluding carboxylic acids is 2. The number of hydrogen-bond donors (Lipinski definition) is 1. The second kappa shape index (κ2) is 10.0. The van der Waals surface area contributed by atoms with Crippen molar-refractivity contribution in [1.29, 1.82) is 0 Å². The van der Waals surface area contributed by atoms with Gasteiger partial charge in [-0.25, -0.2) is 4.79 Å². The predicted molar refractivity (Wildman–Crippen MR) is 102 cm³/mol. The molecule has 0 saturated heterocycles. The maximum Gasteiger partial charge on any atom is 0.339 e. The van der Waals surface area contributed by atoms with Gasteiger partial charge < -0.3 is 14.8 Å². The number of hydrogen-bond acceptors (Lipinski definition) is 4. The van der Waals surface area contributed by atoms with E-state index in [0.717, 1.165) is 12.0 Å². The lowest BCUT2D eigenvalue weighted by molar-refractivity contribution is -0.142. The smallest absolute Gasteiger partial charge is 0.339 e. The fourth-order valence-electron chi connectivity index (χ4n) is 2.34. The molecular weight excluding hydrogens is 330 g/mol. The molecule has 26 heavy (non-hydrogen) atoms. The van der Waals surface area contributed by atoms with Gasteiger partial charge in [-0.3, -0.25) is 4.79 Å². The number of carbonyl (C=O) groups is 2. The van der Waals surface area contributed by atoms with E-state index in [1.54, 1.807) is 13.2 Å². The van der Waals surface area contributed by atoms with E-state index in [1.165, 1.54) is 0 Å². The third kappa shape index (κ3) is 5.48. The second-order valence-electron chi connectivity index (χ2n) is 5.59. The van der Waals surface area contributed by atoms with Crippen LogP contribution >= 0.6 is 0 Å². The highest BCUT2D eigenvalue weighted by Gasteiger charge is 2.16. The minimum absolute atomic E-state index is 0.311. The molecule has 1 amide bonds. The Kier molecular flexibility index (Phi) is 7.43. The average molecular weight is 353 g/mol. The van der Waals surface area contributed by atoms with Crippen molar-refractivity contribution in [2.24, 2.45) is 0 Å². The molecule has 5 nitrogen and oxygen atoms in total. The van der Waals surface area contributed by atoms with Gasteiger partial charge >= 0.3 is 5.97 Å². The summed E-state index contributed by atoms with van der Waals surface area (Å²) >= 11 is 0. The Morgan fingerprint density at radius 3 is 2.42 bits per heavy atom. The molecule has 0 atom stereocenters. The molecule has 0 aliphatic heterocycles. The zero-order valence-electron chi connectivity index (χ0n) is 15.0. The molecule has 0 bridgehead atoms. The van der Waals surface area contributed by atoms with Crippen molar-refractivity contribution >= 4 is 23.5 Å². The number of nitrogens with one attached hydrogen (secondary N) is 1. The first-order chi connectivity index (χ1) is 12.7. The summed E-state index contributed by atoms with van der Waals surface area (Å²) in [6, 6.07) is 16.6. The summed E-state index contributed by atoms with van der Waals surface area (Å²) in [6.45, 7) is 2.20. The maximum atomic E-state index is 12.6. The third-order valence-corrected chi connectivity index (χ3v) is 3.65. The molecular formula is C21H23NO4. The van der Waals surface area contributed by atoms with Crippen LogP contribution in [0.1, 0.15) is 24.5 Å². The fourth-order valence-corrected chi connectivity index (χ4v) is 2.34. The van der Waals surface area contributed by atoms with Crippen LogP contribution in [-0.2, 0) is 14.3 Å². The van der Waals surface area contributed by atoms with Crippen LogP contribution in [-0.4, -0.2) is 32.1 Å². The molecule has 0 spiro atoms. The standard InChI is InChI=1S/C21H23NO4/c1-3-13-22-20(23)15-26-21(24)18(16-9-5-4-6-10-16)14-17-11-7-8-12-19(17)25-2/h4-12,14H,3,13,15H2,1-2H3,(H,22,23)/b18-14+. The molecule has 0 aromatic heterocycles. The van der Waals surface area contributed by atoms with E-state index in [-0.39, 0.29) is 12.5 Å². The van der Waals surface area contributed by atoms with Crippen molar-refractivity contribution in [3.63, 3.8) is 0 Å². The topological polar surface area (TPSA) is 64.6 Å². The van der Waals surface area contributed by atoms with Gasteiger partial charge in [0.15, 0.2) is 6.61 Å². The molecule has 0 unspecified atom stereocenters. The first-order valence-electron chi connectivity index (χ1n) is 8.49. The number of para-hydroxylation sites is 1. The van der Waals surface area contributed by atoms with Gasteiger partial charge in [0, 0.05) is 12.1 Å². The maximum absolute atomic E-state index is 12.6. The van der Waals surface area contributed by atoms with Gasteiger partial charge in [0.1, 0.15) is 5.75 Å². The van der Waals surface area contributed by atoms with Crippen molar-refractivity contribution in [3.05, 3.63) is 65.7 Å². The zero-order valence-corrected chi connectivity index (χ0v) is 15.0. The van der Waals surface area contributed by atoms with Crippen LogP contribution in [0.2, 0.25) is 0 Å².